The molecule has 0 amide bonds. The van der Waals surface area contributed by atoms with Gasteiger partial charge in [-0.1, -0.05) is 24.3 Å². The minimum absolute atomic E-state index is 0.0102. The van der Waals surface area contributed by atoms with Gasteiger partial charge in [0.1, 0.15) is 5.75 Å². The number of para-hydroxylation sites is 2. The lowest BCUT2D eigenvalue weighted by atomic mass is 10.0. The van der Waals surface area contributed by atoms with Crippen LogP contribution >= 0.6 is 0 Å². The van der Waals surface area contributed by atoms with E-state index >= 15 is 0 Å². The Hall–Kier alpha value is -2.29. The maximum atomic E-state index is 12.4. The third-order valence-corrected chi connectivity index (χ3v) is 2.78. The third kappa shape index (κ3) is 2.20. The zero-order valence-electron chi connectivity index (χ0n) is 10.4. The highest BCUT2D eigenvalue weighted by Gasteiger charge is 2.16. The van der Waals surface area contributed by atoms with E-state index in [4.69, 9.17) is 0 Å². The highest BCUT2D eigenvalue weighted by atomic mass is 16.3. The van der Waals surface area contributed by atoms with Gasteiger partial charge in [0.15, 0.2) is 5.78 Å². The zero-order chi connectivity index (χ0) is 13.1. The van der Waals surface area contributed by atoms with Crippen molar-refractivity contribution < 1.29 is 9.90 Å². The van der Waals surface area contributed by atoms with Crippen molar-refractivity contribution in [2.24, 2.45) is 0 Å². The van der Waals surface area contributed by atoms with Crippen LogP contribution in [0.15, 0.2) is 48.5 Å². The van der Waals surface area contributed by atoms with Crippen LogP contribution in [0.3, 0.4) is 0 Å². The summed E-state index contributed by atoms with van der Waals surface area (Å²) in [5, 5.41) is 9.74. The van der Waals surface area contributed by atoms with E-state index < -0.39 is 0 Å². The molecule has 0 radical (unpaired) electrons. The molecule has 0 fully saturated rings. The number of rotatable bonds is 3. The fourth-order valence-corrected chi connectivity index (χ4v) is 1.87. The fraction of sp³-hybridized carbons (Fsp3) is 0.133. The molecule has 2 aromatic rings. The van der Waals surface area contributed by atoms with E-state index in [0.29, 0.717) is 11.1 Å². The first-order valence-electron chi connectivity index (χ1n) is 5.70. The van der Waals surface area contributed by atoms with E-state index in [1.165, 1.54) is 6.07 Å². The van der Waals surface area contributed by atoms with Crippen LogP contribution in [0.25, 0.3) is 0 Å². The number of nitrogens with zero attached hydrogens (tertiary/aromatic N) is 1. The van der Waals surface area contributed by atoms with E-state index in [1.54, 1.807) is 24.3 Å². The van der Waals surface area contributed by atoms with Gasteiger partial charge in [0.2, 0.25) is 0 Å². The lowest BCUT2D eigenvalue weighted by molar-refractivity contribution is 0.103. The number of phenolic OH excluding ortho intramolecular Hbond substituents is 1. The van der Waals surface area contributed by atoms with Gasteiger partial charge in [-0.15, -0.1) is 0 Å². The van der Waals surface area contributed by atoms with Crippen LogP contribution in [0.4, 0.5) is 5.69 Å². The first-order valence-corrected chi connectivity index (χ1v) is 5.70. The van der Waals surface area contributed by atoms with Gasteiger partial charge in [0, 0.05) is 25.3 Å². The molecule has 0 aliphatic carbocycles. The maximum Gasteiger partial charge on any atom is 0.198 e. The average Bonchev–Trinajstić information content (AvgIpc) is 2.38. The minimum atomic E-state index is -0.169. The second-order valence-corrected chi connectivity index (χ2v) is 4.26. The van der Waals surface area contributed by atoms with Crippen molar-refractivity contribution in [2.45, 2.75) is 0 Å². The Kier molecular flexibility index (Phi) is 3.33. The largest absolute Gasteiger partial charge is 0.507 e. The van der Waals surface area contributed by atoms with Gasteiger partial charge in [0.25, 0.3) is 0 Å². The summed E-state index contributed by atoms with van der Waals surface area (Å²) in [5.41, 5.74) is 1.75. The first-order chi connectivity index (χ1) is 8.61. The lowest BCUT2D eigenvalue weighted by Gasteiger charge is -2.16. The summed E-state index contributed by atoms with van der Waals surface area (Å²) in [6.07, 6.45) is 0. The molecule has 0 aromatic heterocycles. The Labute approximate surface area is 106 Å². The molecule has 18 heavy (non-hydrogen) atoms. The van der Waals surface area contributed by atoms with Crippen LogP contribution in [-0.4, -0.2) is 25.0 Å². The van der Waals surface area contributed by atoms with E-state index in [9.17, 15) is 9.90 Å². The molecule has 0 saturated carbocycles. The minimum Gasteiger partial charge on any atom is -0.507 e. The number of anilines is 1. The van der Waals surface area contributed by atoms with Crippen LogP contribution < -0.4 is 4.90 Å². The van der Waals surface area contributed by atoms with Gasteiger partial charge in [-0.3, -0.25) is 4.79 Å². The van der Waals surface area contributed by atoms with Gasteiger partial charge in [-0.25, -0.2) is 0 Å². The zero-order valence-corrected chi connectivity index (χ0v) is 10.4. The fourth-order valence-electron chi connectivity index (χ4n) is 1.87. The average molecular weight is 241 g/mol. The van der Waals surface area contributed by atoms with Crippen molar-refractivity contribution in [1.29, 1.82) is 0 Å². The summed E-state index contributed by atoms with van der Waals surface area (Å²) in [6, 6.07) is 13.9. The third-order valence-electron chi connectivity index (χ3n) is 2.78. The molecular formula is C15H15NO2. The monoisotopic (exact) mass is 241 g/mol. The summed E-state index contributed by atoms with van der Waals surface area (Å²) in [7, 11) is 3.77. The normalized spacial score (nSPS) is 10.1. The molecule has 0 unspecified atom stereocenters. The second-order valence-electron chi connectivity index (χ2n) is 4.26. The van der Waals surface area contributed by atoms with E-state index in [-0.39, 0.29) is 11.5 Å². The Morgan fingerprint density at radius 2 is 1.50 bits per heavy atom. The van der Waals surface area contributed by atoms with Crippen molar-refractivity contribution in [3.63, 3.8) is 0 Å². The highest BCUT2D eigenvalue weighted by Crippen LogP contribution is 2.25. The number of carbonyl (C=O) groups excluding carboxylic acids is 1. The Morgan fingerprint density at radius 1 is 0.944 bits per heavy atom. The summed E-state index contributed by atoms with van der Waals surface area (Å²) in [4.78, 5) is 14.3. The predicted octanol–water partition coefficient (Wildman–Crippen LogP) is 2.69. The van der Waals surface area contributed by atoms with Gasteiger partial charge in [-0.2, -0.15) is 0 Å². The van der Waals surface area contributed by atoms with Crippen molar-refractivity contribution in [3.8, 4) is 5.75 Å². The van der Waals surface area contributed by atoms with Gasteiger partial charge in [-0.05, 0) is 24.3 Å². The molecule has 92 valence electrons. The molecule has 0 aliphatic heterocycles. The summed E-state index contributed by atoms with van der Waals surface area (Å²) in [6.45, 7) is 0. The lowest BCUT2D eigenvalue weighted by Crippen LogP contribution is -2.14. The summed E-state index contributed by atoms with van der Waals surface area (Å²) >= 11 is 0. The van der Waals surface area contributed by atoms with Crippen molar-refractivity contribution >= 4 is 11.5 Å². The van der Waals surface area contributed by atoms with Crippen molar-refractivity contribution in [1.82, 2.24) is 0 Å². The molecule has 0 saturated heterocycles. The SMILES string of the molecule is CN(C)c1ccccc1C(=O)c1ccccc1O. The topological polar surface area (TPSA) is 40.5 Å². The Morgan fingerprint density at radius 3 is 2.11 bits per heavy atom. The number of carbonyl (C=O) groups is 1. The standard InChI is InChI=1S/C15H15NO2/c1-16(2)13-9-5-3-7-11(13)15(18)12-8-4-6-10-14(12)17/h3-10,17H,1-2H3. The smallest absolute Gasteiger partial charge is 0.198 e. The molecule has 0 bridgehead atoms. The van der Waals surface area contributed by atoms with Crippen molar-refractivity contribution in [3.05, 3.63) is 59.7 Å². The van der Waals surface area contributed by atoms with E-state index in [2.05, 4.69) is 0 Å². The molecule has 0 spiro atoms. The molecule has 0 heterocycles. The van der Waals surface area contributed by atoms with Crippen LogP contribution in [0.1, 0.15) is 15.9 Å². The number of hydrogen-bond acceptors (Lipinski definition) is 3. The number of benzene rings is 2. The molecule has 2 aromatic carbocycles. The van der Waals surface area contributed by atoms with Crippen LogP contribution in [0.5, 0.6) is 5.75 Å². The summed E-state index contributed by atoms with van der Waals surface area (Å²) in [5.74, 6) is -0.159. The molecule has 3 heteroatoms. The van der Waals surface area contributed by atoms with Gasteiger partial charge < -0.3 is 10.0 Å². The van der Waals surface area contributed by atoms with Crippen LogP contribution in [0, 0.1) is 0 Å². The highest BCUT2D eigenvalue weighted by molar-refractivity contribution is 6.13. The number of ketones is 1. The van der Waals surface area contributed by atoms with E-state index in [1.807, 2.05) is 37.2 Å². The molecule has 2 rings (SSSR count). The molecule has 0 aliphatic rings. The number of aromatic hydroxyl groups is 1. The number of phenols is 1. The molecule has 1 N–H and O–H groups in total. The molecular weight excluding hydrogens is 226 g/mol. The van der Waals surface area contributed by atoms with Gasteiger partial charge in [0.05, 0.1) is 5.56 Å². The quantitative estimate of drug-likeness (QED) is 0.840. The molecule has 3 nitrogen and oxygen atoms in total. The number of hydrogen-bond donors (Lipinski definition) is 1. The molecule has 0 atom stereocenters. The maximum absolute atomic E-state index is 12.4. The van der Waals surface area contributed by atoms with Crippen molar-refractivity contribution in [2.75, 3.05) is 19.0 Å². The Bertz CT molecular complexity index is 576. The first kappa shape index (κ1) is 12.2. The van der Waals surface area contributed by atoms with Crippen LogP contribution in [-0.2, 0) is 0 Å². The summed E-state index contributed by atoms with van der Waals surface area (Å²) < 4.78 is 0. The van der Waals surface area contributed by atoms with Crippen LogP contribution in [0.2, 0.25) is 0 Å². The Balaban J connectivity index is 2.50. The predicted molar refractivity (Wildman–Crippen MR) is 72.3 cm³/mol. The second kappa shape index (κ2) is 4.92. The van der Waals surface area contributed by atoms with Gasteiger partial charge >= 0.3 is 0 Å². The van der Waals surface area contributed by atoms with E-state index in [0.717, 1.165) is 5.69 Å².